The van der Waals surface area contributed by atoms with E-state index in [1.807, 2.05) is 41.0 Å². The molecule has 8 aromatic rings. The Morgan fingerprint density at radius 1 is 0.500 bits per heavy atom. The number of hydrogen-bond donors (Lipinski definition) is 3. The molecule has 0 unspecified atom stereocenters. The number of aromatic nitrogens is 2. The summed E-state index contributed by atoms with van der Waals surface area (Å²) in [4.78, 5) is 71.7. The number of amides is 3. The minimum atomic E-state index is -0.539. The standard InChI is InChI=1S/C36H40N4O4.C30H33N3O2.C4H9N/c1-23-22-40(24(2)21-39(23)33(26-13-7-5-8-14-26)27-15-9-6-10-16-27)35(42)29-19-28-30(20-31(29)44-4)37-25(3)32(28)34(41)36(43)38-17-11-12-18-38;1-20-15-25-16-26(28(35-4)17-27(25)31-20)30(34)33-19-21(2)32(18-22(33)3)29(23-11-7-5-8-12-23)24-13-9-6-10-14-24;1-2-4-5-3-1/h5-10,13-16,19-20,23-24,33,37H,11-12,17-18,21-22H2,1-4H3;5-17,21-22,29,31H,18-19H2,1-4H3;5H,1-4H2/t23-,24+;21-,22+;/m00./s1. The Kier molecular flexibility index (Phi) is 18.8. The highest BCUT2D eigenvalue weighted by atomic mass is 16.5. The van der Waals surface area contributed by atoms with E-state index < -0.39 is 11.7 Å². The summed E-state index contributed by atoms with van der Waals surface area (Å²) in [5.41, 5.74) is 9.62. The van der Waals surface area contributed by atoms with Crippen molar-refractivity contribution in [1.29, 1.82) is 0 Å². The van der Waals surface area contributed by atoms with Crippen LogP contribution in [-0.4, -0.2) is 149 Å². The maximum absolute atomic E-state index is 14.3. The highest BCUT2D eigenvalue weighted by molar-refractivity contribution is 6.45. The van der Waals surface area contributed by atoms with E-state index in [9.17, 15) is 19.2 Å². The van der Waals surface area contributed by atoms with Gasteiger partial charge in [0.1, 0.15) is 11.5 Å². The van der Waals surface area contributed by atoms with Crippen molar-refractivity contribution in [2.24, 2.45) is 0 Å². The molecule has 12 rings (SSSR count). The third kappa shape index (κ3) is 12.7. The van der Waals surface area contributed by atoms with Crippen LogP contribution in [-0.2, 0) is 4.79 Å². The number of carbonyl (C=O) groups excluding carboxylic acids is 4. The van der Waals surface area contributed by atoms with Gasteiger partial charge >= 0.3 is 0 Å². The van der Waals surface area contributed by atoms with Crippen molar-refractivity contribution in [1.82, 2.24) is 39.8 Å². The quantitative estimate of drug-likeness (QED) is 0.0804. The predicted octanol–water partition coefficient (Wildman–Crippen LogP) is 11.8. The van der Waals surface area contributed by atoms with Crippen molar-refractivity contribution in [3.05, 3.63) is 202 Å². The number of benzene rings is 6. The fraction of sp³-hybridized carbons (Fsp3) is 0.371. The third-order valence-corrected chi connectivity index (χ3v) is 17.3. The monoisotopic (exact) mass is 1130 g/mol. The minimum absolute atomic E-state index is 0.0255. The van der Waals surface area contributed by atoms with E-state index in [0.717, 1.165) is 36.0 Å². The van der Waals surface area contributed by atoms with Crippen molar-refractivity contribution in [3.8, 4) is 11.5 Å². The van der Waals surface area contributed by atoms with Crippen molar-refractivity contribution in [2.45, 2.75) is 103 Å². The van der Waals surface area contributed by atoms with Crippen LogP contribution in [0, 0.1) is 13.8 Å². The second kappa shape index (κ2) is 26.7. The highest BCUT2D eigenvalue weighted by Crippen LogP contribution is 2.38. The van der Waals surface area contributed by atoms with Gasteiger partial charge in [-0.3, -0.25) is 29.0 Å². The van der Waals surface area contributed by atoms with Gasteiger partial charge in [0.15, 0.2) is 0 Å². The van der Waals surface area contributed by atoms with Crippen LogP contribution in [0.3, 0.4) is 0 Å². The number of likely N-dealkylation sites (tertiary alicyclic amines) is 1. The summed E-state index contributed by atoms with van der Waals surface area (Å²) in [5.74, 6) is -0.109. The summed E-state index contributed by atoms with van der Waals surface area (Å²) in [7, 11) is 3.17. The molecule has 2 aromatic heterocycles. The summed E-state index contributed by atoms with van der Waals surface area (Å²) < 4.78 is 11.3. The normalized spacial score (nSPS) is 19.3. The van der Waals surface area contributed by atoms with Crippen molar-refractivity contribution in [3.63, 3.8) is 0 Å². The molecule has 438 valence electrons. The number of aryl methyl sites for hydroxylation is 2. The molecule has 3 amide bonds. The lowest BCUT2D eigenvalue weighted by Crippen LogP contribution is -2.58. The van der Waals surface area contributed by atoms with Crippen LogP contribution in [0.25, 0.3) is 21.8 Å². The van der Waals surface area contributed by atoms with Crippen molar-refractivity contribution >= 4 is 45.3 Å². The van der Waals surface area contributed by atoms with Gasteiger partial charge in [-0.05, 0) is 121 Å². The number of carbonyl (C=O) groups is 4. The number of hydrogen-bond acceptors (Lipinski definition) is 9. The van der Waals surface area contributed by atoms with Crippen LogP contribution in [0.4, 0.5) is 0 Å². The lowest BCUT2D eigenvalue weighted by molar-refractivity contribution is -0.125. The van der Waals surface area contributed by atoms with Gasteiger partial charge < -0.3 is 39.5 Å². The summed E-state index contributed by atoms with van der Waals surface area (Å²) in [6, 6.07) is 52.2. The molecule has 4 atom stereocenters. The van der Waals surface area contributed by atoms with Crippen LogP contribution < -0.4 is 14.8 Å². The lowest BCUT2D eigenvalue weighted by atomic mass is 9.93. The number of methoxy groups -OCH3 is 2. The molecule has 6 heterocycles. The van der Waals surface area contributed by atoms with Gasteiger partial charge in [-0.15, -0.1) is 0 Å². The number of Topliss-reactive ketones (excluding diaryl/α,β-unsaturated/α-hetero) is 1. The number of nitrogens with one attached hydrogen (secondary N) is 3. The molecule has 0 saturated carbocycles. The van der Waals surface area contributed by atoms with Crippen molar-refractivity contribution in [2.75, 3.05) is 66.6 Å². The zero-order chi connectivity index (χ0) is 59.0. The molecule has 0 radical (unpaired) electrons. The molecular weight excluding hydrogens is 1050 g/mol. The topological polar surface area (TPSA) is 147 Å². The SMILES string of the molecule is C1CCNC1.COc1cc2[nH]c(C)c(C(=O)C(=O)N3CCCC3)c2cc1C(=O)N1C[C@H](C)N(C(c2ccccc2)c2ccccc2)C[C@H]1C.COc1cc2[nH]c(C)cc2cc1C(=O)N1C[C@H](C)N(C(c2ccccc2)c2ccccc2)C[C@H]1C. The first kappa shape index (κ1) is 59.1. The summed E-state index contributed by atoms with van der Waals surface area (Å²) in [6.45, 7) is 18.8. The largest absolute Gasteiger partial charge is 0.496 e. The number of piperazine rings is 2. The van der Waals surface area contributed by atoms with Gasteiger partial charge in [-0.1, -0.05) is 121 Å². The summed E-state index contributed by atoms with van der Waals surface area (Å²) >= 11 is 0. The number of H-pyrrole nitrogens is 2. The maximum Gasteiger partial charge on any atom is 0.295 e. The molecule has 84 heavy (non-hydrogen) atoms. The molecule has 3 N–H and O–H groups in total. The van der Waals surface area contributed by atoms with Crippen LogP contribution in [0.5, 0.6) is 11.5 Å². The second-order valence-electron chi connectivity index (χ2n) is 23.3. The van der Waals surface area contributed by atoms with Gasteiger partial charge in [0.2, 0.25) is 0 Å². The van der Waals surface area contributed by atoms with E-state index in [0.29, 0.717) is 77.5 Å². The van der Waals surface area contributed by atoms with Gasteiger partial charge in [-0.25, -0.2) is 0 Å². The third-order valence-electron chi connectivity index (χ3n) is 17.3. The van der Waals surface area contributed by atoms with E-state index in [1.54, 1.807) is 38.2 Å². The maximum atomic E-state index is 14.3. The number of ether oxygens (including phenoxy) is 2. The summed E-state index contributed by atoms with van der Waals surface area (Å²) in [6.07, 6.45) is 4.59. The minimum Gasteiger partial charge on any atom is -0.496 e. The lowest BCUT2D eigenvalue weighted by Gasteiger charge is -2.47. The second-order valence-corrected chi connectivity index (χ2v) is 23.3. The molecule has 0 bridgehead atoms. The first-order chi connectivity index (χ1) is 40.7. The van der Waals surface area contributed by atoms with Crippen LogP contribution in [0.15, 0.2) is 152 Å². The number of aromatic amines is 2. The average molecular weight is 1130 g/mol. The Morgan fingerprint density at radius 2 is 0.929 bits per heavy atom. The molecular formula is C70H82N8O6. The highest BCUT2D eigenvalue weighted by Gasteiger charge is 2.40. The van der Waals surface area contributed by atoms with E-state index in [-0.39, 0.29) is 48.1 Å². The zero-order valence-electron chi connectivity index (χ0n) is 50.1. The van der Waals surface area contributed by atoms with Gasteiger partial charge in [-0.2, -0.15) is 0 Å². The number of rotatable bonds is 12. The molecule has 0 aliphatic carbocycles. The molecule has 0 spiro atoms. The van der Waals surface area contributed by atoms with Crippen LogP contribution in [0.2, 0.25) is 0 Å². The van der Waals surface area contributed by atoms with Gasteiger partial charge in [0, 0.05) is 103 Å². The van der Waals surface area contributed by atoms with Crippen LogP contribution in [0.1, 0.15) is 130 Å². The summed E-state index contributed by atoms with van der Waals surface area (Å²) in [5, 5.41) is 4.82. The van der Waals surface area contributed by atoms with Gasteiger partial charge in [0.05, 0.1) is 48.5 Å². The number of fused-ring (bicyclic) bond motifs is 2. The van der Waals surface area contributed by atoms with E-state index in [4.69, 9.17) is 9.47 Å². The number of ketones is 1. The molecule has 6 aromatic carbocycles. The zero-order valence-corrected chi connectivity index (χ0v) is 50.1. The fourth-order valence-electron chi connectivity index (χ4n) is 13.0. The Balaban J connectivity index is 0.000000176. The molecule has 4 fully saturated rings. The van der Waals surface area contributed by atoms with Crippen molar-refractivity contribution < 1.29 is 28.7 Å². The molecule has 4 aliphatic rings. The average Bonchev–Trinajstić information content (AvgIpc) is 2.82. The van der Waals surface area contributed by atoms with E-state index in [1.165, 1.54) is 48.2 Å². The number of nitrogens with zero attached hydrogens (tertiary/aromatic N) is 5. The predicted molar refractivity (Wildman–Crippen MR) is 334 cm³/mol. The smallest absolute Gasteiger partial charge is 0.295 e. The molecule has 4 aliphatic heterocycles. The Bertz CT molecular complexity index is 3450. The first-order valence-corrected chi connectivity index (χ1v) is 30.0. The van der Waals surface area contributed by atoms with E-state index >= 15 is 0 Å². The first-order valence-electron chi connectivity index (χ1n) is 30.0. The molecule has 4 saturated heterocycles. The fourth-order valence-corrected chi connectivity index (χ4v) is 13.0. The van der Waals surface area contributed by atoms with Crippen LogP contribution >= 0.6 is 0 Å². The Hall–Kier alpha value is -8.04. The molecule has 14 heteroatoms. The van der Waals surface area contributed by atoms with E-state index in [2.05, 4.69) is 168 Å². The Morgan fingerprint density at radius 3 is 1.35 bits per heavy atom. The molecule has 14 nitrogen and oxygen atoms in total. The Labute approximate surface area is 495 Å². The van der Waals surface area contributed by atoms with Gasteiger partial charge in [0.25, 0.3) is 23.5 Å².